The zero-order valence-corrected chi connectivity index (χ0v) is 11.5. The zero-order chi connectivity index (χ0) is 14.8. The molecule has 0 spiro atoms. The highest BCUT2D eigenvalue weighted by Crippen LogP contribution is 2.22. The molecule has 1 aliphatic heterocycles. The molecule has 3 rings (SSSR count). The van der Waals surface area contributed by atoms with Gasteiger partial charge in [-0.15, -0.1) is 0 Å². The van der Waals surface area contributed by atoms with Crippen LogP contribution in [-0.2, 0) is 6.42 Å². The van der Waals surface area contributed by atoms with Crippen molar-refractivity contribution in [3.05, 3.63) is 71.3 Å². The molecule has 4 nitrogen and oxygen atoms in total. The van der Waals surface area contributed by atoms with Crippen LogP contribution in [0, 0.1) is 0 Å². The highest BCUT2D eigenvalue weighted by Gasteiger charge is 2.35. The highest BCUT2D eigenvalue weighted by atomic mass is 16.2. The van der Waals surface area contributed by atoms with Crippen LogP contribution in [0.3, 0.4) is 0 Å². The lowest BCUT2D eigenvalue weighted by Crippen LogP contribution is -2.41. The molecule has 0 saturated heterocycles. The fourth-order valence-electron chi connectivity index (χ4n) is 2.62. The van der Waals surface area contributed by atoms with E-state index < -0.39 is 0 Å². The third-order valence-corrected chi connectivity index (χ3v) is 3.64. The molecule has 0 fully saturated rings. The second kappa shape index (κ2) is 5.50. The number of rotatable bonds is 4. The van der Waals surface area contributed by atoms with Crippen molar-refractivity contribution in [1.82, 2.24) is 4.90 Å². The van der Waals surface area contributed by atoms with Gasteiger partial charge in [0.05, 0.1) is 11.1 Å². The largest absolute Gasteiger partial charge is 0.326 e. The van der Waals surface area contributed by atoms with Crippen LogP contribution in [-0.4, -0.2) is 29.3 Å². The van der Waals surface area contributed by atoms with Crippen LogP contribution in [0.2, 0.25) is 0 Å². The Hall–Kier alpha value is -2.46. The molecular weight excluding hydrogens is 264 g/mol. The van der Waals surface area contributed by atoms with E-state index in [2.05, 4.69) is 0 Å². The van der Waals surface area contributed by atoms with E-state index in [-0.39, 0.29) is 24.4 Å². The van der Waals surface area contributed by atoms with Gasteiger partial charge in [0.25, 0.3) is 11.8 Å². The standard InChI is InChI=1S/C17H16N2O2/c18-13(10-12-6-2-1-3-7-12)11-19-16(20)14-8-4-5-9-15(14)17(19)21/h1-9,13H,10-11,18H2. The van der Waals surface area contributed by atoms with Gasteiger partial charge in [-0.25, -0.2) is 0 Å². The first-order chi connectivity index (χ1) is 10.2. The molecular formula is C17H16N2O2. The number of carbonyl (C=O) groups is 2. The summed E-state index contributed by atoms with van der Waals surface area (Å²) in [5.41, 5.74) is 8.13. The Kier molecular flexibility index (Phi) is 3.54. The Morgan fingerprint density at radius 3 is 1.95 bits per heavy atom. The van der Waals surface area contributed by atoms with Gasteiger partial charge in [0, 0.05) is 12.6 Å². The molecule has 21 heavy (non-hydrogen) atoms. The summed E-state index contributed by atoms with van der Waals surface area (Å²) in [6, 6.07) is 16.4. The van der Waals surface area contributed by atoms with Gasteiger partial charge in [0.2, 0.25) is 0 Å². The molecule has 2 amide bonds. The fraction of sp³-hybridized carbons (Fsp3) is 0.176. The molecule has 0 radical (unpaired) electrons. The Labute approximate surface area is 123 Å². The first kappa shape index (κ1) is 13.5. The summed E-state index contributed by atoms with van der Waals surface area (Å²) in [6.07, 6.45) is 0.633. The summed E-state index contributed by atoms with van der Waals surface area (Å²) in [4.78, 5) is 25.7. The maximum absolute atomic E-state index is 12.2. The molecule has 2 aromatic carbocycles. The molecule has 2 N–H and O–H groups in total. The van der Waals surface area contributed by atoms with Crippen molar-refractivity contribution >= 4 is 11.8 Å². The van der Waals surface area contributed by atoms with Gasteiger partial charge in [-0.3, -0.25) is 14.5 Å². The summed E-state index contributed by atoms with van der Waals surface area (Å²) in [5, 5.41) is 0. The average Bonchev–Trinajstić information content (AvgIpc) is 2.74. The number of imide groups is 1. The first-order valence-corrected chi connectivity index (χ1v) is 6.91. The monoisotopic (exact) mass is 280 g/mol. The quantitative estimate of drug-likeness (QED) is 0.869. The average molecular weight is 280 g/mol. The van der Waals surface area contributed by atoms with Crippen LogP contribution >= 0.6 is 0 Å². The minimum absolute atomic E-state index is 0.237. The summed E-state index contributed by atoms with van der Waals surface area (Å²) in [7, 11) is 0. The molecule has 1 unspecified atom stereocenters. The van der Waals surface area contributed by atoms with Crippen molar-refractivity contribution < 1.29 is 9.59 Å². The number of amides is 2. The maximum atomic E-state index is 12.2. The highest BCUT2D eigenvalue weighted by molar-refractivity contribution is 6.21. The zero-order valence-electron chi connectivity index (χ0n) is 11.5. The topological polar surface area (TPSA) is 63.4 Å². The van der Waals surface area contributed by atoms with Gasteiger partial charge in [-0.2, -0.15) is 0 Å². The van der Waals surface area contributed by atoms with Crippen molar-refractivity contribution in [2.75, 3.05) is 6.54 Å². The third-order valence-electron chi connectivity index (χ3n) is 3.64. The Bertz CT molecular complexity index is 647. The maximum Gasteiger partial charge on any atom is 0.261 e. The van der Waals surface area contributed by atoms with Crippen molar-refractivity contribution in [2.45, 2.75) is 12.5 Å². The van der Waals surface area contributed by atoms with Crippen molar-refractivity contribution in [3.8, 4) is 0 Å². The van der Waals surface area contributed by atoms with Crippen LogP contribution < -0.4 is 5.73 Å². The Balaban J connectivity index is 1.72. The lowest BCUT2D eigenvalue weighted by atomic mass is 10.1. The van der Waals surface area contributed by atoms with Crippen LogP contribution in [0.15, 0.2) is 54.6 Å². The molecule has 4 heteroatoms. The molecule has 1 aliphatic rings. The lowest BCUT2D eigenvalue weighted by Gasteiger charge is -2.19. The Morgan fingerprint density at radius 1 is 0.857 bits per heavy atom. The van der Waals surface area contributed by atoms with Crippen molar-refractivity contribution in [3.63, 3.8) is 0 Å². The van der Waals surface area contributed by atoms with E-state index in [1.54, 1.807) is 24.3 Å². The number of nitrogens with two attached hydrogens (primary N) is 1. The third kappa shape index (κ3) is 2.58. The van der Waals surface area contributed by atoms with Gasteiger partial charge < -0.3 is 5.73 Å². The van der Waals surface area contributed by atoms with Gasteiger partial charge in [-0.1, -0.05) is 42.5 Å². The number of hydrogen-bond acceptors (Lipinski definition) is 3. The molecule has 1 atom stereocenters. The number of nitrogens with zero attached hydrogens (tertiary/aromatic N) is 1. The first-order valence-electron chi connectivity index (χ1n) is 6.91. The minimum atomic E-state index is -0.269. The molecule has 0 bridgehead atoms. The summed E-state index contributed by atoms with van der Waals surface area (Å²) >= 11 is 0. The van der Waals surface area contributed by atoms with Crippen LogP contribution in [0.1, 0.15) is 26.3 Å². The predicted molar refractivity (Wildman–Crippen MR) is 79.9 cm³/mol. The van der Waals surface area contributed by atoms with Crippen molar-refractivity contribution in [1.29, 1.82) is 0 Å². The summed E-state index contributed by atoms with van der Waals surface area (Å²) in [6.45, 7) is 0.237. The second-order valence-corrected chi connectivity index (χ2v) is 5.22. The van der Waals surface area contributed by atoms with E-state index in [1.807, 2.05) is 30.3 Å². The van der Waals surface area contributed by atoms with Gasteiger partial charge in [0.15, 0.2) is 0 Å². The summed E-state index contributed by atoms with van der Waals surface area (Å²) in [5.74, 6) is -0.502. The number of fused-ring (bicyclic) bond motifs is 1. The fourth-order valence-corrected chi connectivity index (χ4v) is 2.62. The second-order valence-electron chi connectivity index (χ2n) is 5.22. The predicted octanol–water partition coefficient (Wildman–Crippen LogP) is 1.85. The van der Waals surface area contributed by atoms with Crippen LogP contribution in [0.5, 0.6) is 0 Å². The minimum Gasteiger partial charge on any atom is -0.326 e. The van der Waals surface area contributed by atoms with E-state index in [4.69, 9.17) is 5.73 Å². The SMILES string of the molecule is NC(Cc1ccccc1)CN1C(=O)c2ccccc2C1=O. The van der Waals surface area contributed by atoms with E-state index in [1.165, 1.54) is 4.90 Å². The molecule has 0 saturated carbocycles. The molecule has 0 aliphatic carbocycles. The number of hydrogen-bond donors (Lipinski definition) is 1. The normalized spacial score (nSPS) is 15.2. The lowest BCUT2D eigenvalue weighted by molar-refractivity contribution is 0.0644. The molecule has 106 valence electrons. The van der Waals surface area contributed by atoms with Gasteiger partial charge in [-0.05, 0) is 24.1 Å². The smallest absolute Gasteiger partial charge is 0.261 e. The molecule has 1 heterocycles. The van der Waals surface area contributed by atoms with E-state index in [0.29, 0.717) is 17.5 Å². The van der Waals surface area contributed by atoms with Gasteiger partial charge in [0.1, 0.15) is 0 Å². The number of benzene rings is 2. The van der Waals surface area contributed by atoms with Crippen LogP contribution in [0.4, 0.5) is 0 Å². The molecule has 0 aromatic heterocycles. The Morgan fingerprint density at radius 2 is 1.38 bits per heavy atom. The molecule has 2 aromatic rings. The number of carbonyl (C=O) groups excluding carboxylic acids is 2. The van der Waals surface area contributed by atoms with Crippen LogP contribution in [0.25, 0.3) is 0 Å². The van der Waals surface area contributed by atoms with E-state index in [9.17, 15) is 9.59 Å². The van der Waals surface area contributed by atoms with E-state index >= 15 is 0 Å². The van der Waals surface area contributed by atoms with Gasteiger partial charge >= 0.3 is 0 Å². The summed E-state index contributed by atoms with van der Waals surface area (Å²) < 4.78 is 0. The van der Waals surface area contributed by atoms with Crippen molar-refractivity contribution in [2.24, 2.45) is 5.73 Å². The van der Waals surface area contributed by atoms with E-state index in [0.717, 1.165) is 5.56 Å².